The van der Waals surface area contributed by atoms with E-state index < -0.39 is 0 Å². The van der Waals surface area contributed by atoms with Gasteiger partial charge in [-0.1, -0.05) is 36.8 Å². The van der Waals surface area contributed by atoms with Gasteiger partial charge in [0, 0.05) is 18.1 Å². The Kier molecular flexibility index (Phi) is 4.55. The van der Waals surface area contributed by atoms with Crippen LogP contribution in [0.2, 0.25) is 0 Å². The zero-order chi connectivity index (χ0) is 19.1. The fourth-order valence-corrected chi connectivity index (χ4v) is 4.82. The van der Waals surface area contributed by atoms with Crippen molar-refractivity contribution in [3.63, 3.8) is 0 Å². The van der Waals surface area contributed by atoms with E-state index in [4.69, 9.17) is 4.74 Å². The van der Waals surface area contributed by atoms with Gasteiger partial charge in [-0.3, -0.25) is 4.90 Å². The predicted molar refractivity (Wildman–Crippen MR) is 106 cm³/mol. The number of nitrogens with one attached hydrogen (secondary N) is 1. The molecule has 1 N–H and O–H groups in total. The van der Waals surface area contributed by atoms with Crippen LogP contribution in [0.25, 0.3) is 0 Å². The first-order chi connectivity index (χ1) is 13.7. The van der Waals surface area contributed by atoms with Crippen LogP contribution >= 0.6 is 0 Å². The Morgan fingerprint density at radius 3 is 2.71 bits per heavy atom. The normalized spacial score (nSPS) is 25.9. The van der Waals surface area contributed by atoms with Crippen LogP contribution in [0, 0.1) is 11.7 Å². The van der Waals surface area contributed by atoms with Gasteiger partial charge in [0.1, 0.15) is 12.4 Å². The van der Waals surface area contributed by atoms with Crippen molar-refractivity contribution < 1.29 is 13.9 Å². The van der Waals surface area contributed by atoms with Crippen LogP contribution < -0.4 is 10.2 Å². The lowest BCUT2D eigenvalue weighted by Gasteiger charge is -2.43. The molecule has 0 bridgehead atoms. The molecule has 2 aromatic rings. The van der Waals surface area contributed by atoms with Gasteiger partial charge in [0.05, 0.1) is 5.69 Å². The summed E-state index contributed by atoms with van der Waals surface area (Å²) in [5.74, 6) is 0.0505. The third kappa shape index (κ3) is 3.28. The summed E-state index contributed by atoms with van der Waals surface area (Å²) in [5.41, 5.74) is 2.65. The van der Waals surface area contributed by atoms with E-state index in [1.165, 1.54) is 18.9 Å². The minimum Gasteiger partial charge on any atom is -0.444 e. The van der Waals surface area contributed by atoms with Crippen LogP contribution in [0.1, 0.15) is 49.3 Å². The maximum absolute atomic E-state index is 14.1. The number of hydrogen-bond acceptors (Lipinski definition) is 3. The number of ether oxygens (including phenoxy) is 1. The molecule has 1 heterocycles. The second-order valence-electron chi connectivity index (χ2n) is 8.19. The van der Waals surface area contributed by atoms with Crippen LogP contribution in [0.15, 0.2) is 48.5 Å². The lowest BCUT2D eigenvalue weighted by Crippen LogP contribution is -2.51. The molecular formula is C23H25FN2O2. The van der Waals surface area contributed by atoms with Gasteiger partial charge in [-0.2, -0.15) is 0 Å². The summed E-state index contributed by atoms with van der Waals surface area (Å²) in [4.78, 5) is 14.9. The molecule has 3 atom stereocenters. The maximum atomic E-state index is 14.1. The SMILES string of the molecule is O=C(OCc1ccccc1)N1c2ccc(F)cc2[C@H](NC2CC2)[C@@H]2CCC[C@@H]21. The molecule has 0 saturated heterocycles. The highest BCUT2D eigenvalue weighted by molar-refractivity contribution is 5.90. The van der Waals surface area contributed by atoms with Crippen molar-refractivity contribution in [2.24, 2.45) is 5.92 Å². The van der Waals surface area contributed by atoms with Crippen molar-refractivity contribution in [3.8, 4) is 0 Å². The molecule has 3 aliphatic rings. The quantitative estimate of drug-likeness (QED) is 0.816. The number of carbonyl (C=O) groups excluding carboxylic acids is 1. The molecule has 1 aliphatic heterocycles. The zero-order valence-electron chi connectivity index (χ0n) is 15.8. The summed E-state index contributed by atoms with van der Waals surface area (Å²) in [6.45, 7) is 0.244. The molecule has 146 valence electrons. The summed E-state index contributed by atoms with van der Waals surface area (Å²) in [5, 5.41) is 3.72. The molecule has 4 nitrogen and oxygen atoms in total. The molecule has 0 aromatic heterocycles. The number of rotatable bonds is 4. The smallest absolute Gasteiger partial charge is 0.414 e. The van der Waals surface area contributed by atoms with Crippen LogP contribution in [-0.2, 0) is 11.3 Å². The highest BCUT2D eigenvalue weighted by atomic mass is 19.1. The van der Waals surface area contributed by atoms with E-state index in [0.717, 1.165) is 36.1 Å². The molecule has 2 aromatic carbocycles. The van der Waals surface area contributed by atoms with E-state index in [0.29, 0.717) is 12.0 Å². The van der Waals surface area contributed by atoms with Crippen LogP contribution in [0.5, 0.6) is 0 Å². The summed E-state index contributed by atoms with van der Waals surface area (Å²) in [6, 6.07) is 15.2. The second-order valence-corrected chi connectivity index (χ2v) is 8.19. The van der Waals surface area contributed by atoms with Crippen LogP contribution in [-0.4, -0.2) is 18.2 Å². The average Bonchev–Trinajstić information content (AvgIpc) is 3.41. The monoisotopic (exact) mass is 380 g/mol. The fraction of sp³-hybridized carbons (Fsp3) is 0.435. The standard InChI is InChI=1S/C23H25FN2O2/c24-16-9-12-21-19(13-16)22(25-17-10-11-17)18-7-4-8-20(18)26(21)23(27)28-14-15-5-2-1-3-6-15/h1-3,5-6,9,12-13,17-18,20,22,25H,4,7-8,10-11,14H2/t18-,20+,22-/m1/s1. The van der Waals surface area contributed by atoms with Crippen molar-refractivity contribution in [3.05, 3.63) is 65.5 Å². The molecule has 0 spiro atoms. The highest BCUT2D eigenvalue weighted by Gasteiger charge is 2.47. The Labute approximate surface area is 164 Å². The number of carbonyl (C=O) groups is 1. The number of fused-ring (bicyclic) bond motifs is 2. The van der Waals surface area contributed by atoms with Gasteiger partial charge >= 0.3 is 6.09 Å². The van der Waals surface area contributed by atoms with E-state index in [-0.39, 0.29) is 30.6 Å². The first-order valence-electron chi connectivity index (χ1n) is 10.3. The summed E-state index contributed by atoms with van der Waals surface area (Å²) < 4.78 is 19.8. The number of nitrogens with zero attached hydrogens (tertiary/aromatic N) is 1. The summed E-state index contributed by atoms with van der Waals surface area (Å²) >= 11 is 0. The summed E-state index contributed by atoms with van der Waals surface area (Å²) in [6.07, 6.45) is 5.12. The number of halogens is 1. The number of benzene rings is 2. The molecule has 2 saturated carbocycles. The molecule has 2 aliphatic carbocycles. The van der Waals surface area contributed by atoms with Crippen molar-refractivity contribution in [2.45, 2.75) is 56.8 Å². The lowest BCUT2D eigenvalue weighted by molar-refractivity contribution is 0.140. The van der Waals surface area contributed by atoms with Crippen molar-refractivity contribution in [2.75, 3.05) is 4.90 Å². The molecule has 1 amide bonds. The van der Waals surface area contributed by atoms with Gasteiger partial charge in [-0.05, 0) is 60.9 Å². The van der Waals surface area contributed by atoms with Gasteiger partial charge in [0.2, 0.25) is 0 Å². The molecule has 0 unspecified atom stereocenters. The maximum Gasteiger partial charge on any atom is 0.414 e. The molecule has 5 heteroatoms. The van der Waals surface area contributed by atoms with E-state index >= 15 is 0 Å². The second kappa shape index (κ2) is 7.21. The minimum absolute atomic E-state index is 0.109. The first-order valence-corrected chi connectivity index (χ1v) is 10.3. The van der Waals surface area contributed by atoms with E-state index in [9.17, 15) is 9.18 Å². The van der Waals surface area contributed by atoms with E-state index in [1.54, 1.807) is 17.0 Å². The number of anilines is 1. The minimum atomic E-state index is -0.335. The predicted octanol–water partition coefficient (Wildman–Crippen LogP) is 4.94. The van der Waals surface area contributed by atoms with Gasteiger partial charge in [-0.15, -0.1) is 0 Å². The summed E-state index contributed by atoms with van der Waals surface area (Å²) in [7, 11) is 0. The van der Waals surface area contributed by atoms with Crippen molar-refractivity contribution in [1.82, 2.24) is 5.32 Å². The fourth-order valence-electron chi connectivity index (χ4n) is 4.82. The van der Waals surface area contributed by atoms with Gasteiger partial charge < -0.3 is 10.1 Å². The Balaban J connectivity index is 1.45. The Morgan fingerprint density at radius 1 is 1.11 bits per heavy atom. The zero-order valence-corrected chi connectivity index (χ0v) is 15.8. The molecule has 28 heavy (non-hydrogen) atoms. The van der Waals surface area contributed by atoms with E-state index in [1.807, 2.05) is 30.3 Å². The van der Waals surface area contributed by atoms with Gasteiger partial charge in [0.15, 0.2) is 0 Å². The van der Waals surface area contributed by atoms with Gasteiger partial charge in [-0.25, -0.2) is 9.18 Å². The topological polar surface area (TPSA) is 41.6 Å². The average molecular weight is 380 g/mol. The first kappa shape index (κ1) is 17.7. The van der Waals surface area contributed by atoms with Crippen LogP contribution in [0.3, 0.4) is 0 Å². The molecule has 2 fully saturated rings. The molecule has 5 rings (SSSR count). The Bertz CT molecular complexity index is 868. The number of amides is 1. The van der Waals surface area contributed by atoms with Gasteiger partial charge in [0.25, 0.3) is 0 Å². The third-order valence-corrected chi connectivity index (χ3v) is 6.27. The molecular weight excluding hydrogens is 355 g/mol. The van der Waals surface area contributed by atoms with Crippen molar-refractivity contribution >= 4 is 11.8 Å². The lowest BCUT2D eigenvalue weighted by atomic mass is 9.82. The third-order valence-electron chi connectivity index (χ3n) is 6.27. The largest absolute Gasteiger partial charge is 0.444 e. The van der Waals surface area contributed by atoms with Crippen LogP contribution in [0.4, 0.5) is 14.9 Å². The molecule has 0 radical (unpaired) electrons. The number of hydrogen-bond donors (Lipinski definition) is 1. The highest BCUT2D eigenvalue weighted by Crippen LogP contribution is 2.49. The van der Waals surface area contributed by atoms with E-state index in [2.05, 4.69) is 5.32 Å². The Hall–Kier alpha value is -2.40. The van der Waals surface area contributed by atoms with Crippen molar-refractivity contribution in [1.29, 1.82) is 0 Å². The Morgan fingerprint density at radius 2 is 1.93 bits per heavy atom.